The van der Waals surface area contributed by atoms with Gasteiger partial charge in [0.05, 0.1) is 26.4 Å². The molecule has 0 aliphatic rings. The zero-order valence-corrected chi connectivity index (χ0v) is 67.2. The van der Waals surface area contributed by atoms with Crippen LogP contribution in [0.15, 0.2) is 122 Å². The van der Waals surface area contributed by atoms with Crippen LogP contribution in [0.3, 0.4) is 0 Å². The van der Waals surface area contributed by atoms with Gasteiger partial charge in [0.15, 0.2) is 12.2 Å². The largest absolute Gasteiger partial charge is 0.472 e. The molecule has 598 valence electrons. The van der Waals surface area contributed by atoms with Crippen molar-refractivity contribution in [1.29, 1.82) is 0 Å². The molecule has 0 aliphatic carbocycles. The lowest BCUT2D eigenvalue weighted by Crippen LogP contribution is -2.30. The number of hydrogen-bond acceptors (Lipinski definition) is 15. The second-order valence-corrected chi connectivity index (χ2v) is 29.9. The van der Waals surface area contributed by atoms with E-state index in [0.717, 1.165) is 154 Å². The zero-order chi connectivity index (χ0) is 76.0. The lowest BCUT2D eigenvalue weighted by molar-refractivity contribution is -0.161. The average molecular weight is 1500 g/mol. The molecule has 19 heteroatoms. The Labute approximate surface area is 632 Å². The van der Waals surface area contributed by atoms with Crippen molar-refractivity contribution >= 4 is 39.5 Å². The molecule has 0 aromatic heterocycles. The van der Waals surface area contributed by atoms with E-state index in [1.54, 1.807) is 0 Å². The molecule has 0 rings (SSSR count). The van der Waals surface area contributed by atoms with Gasteiger partial charge in [-0.1, -0.05) is 316 Å². The molecular formula is C85H146O17P2. The molecular weight excluding hydrogens is 1350 g/mol. The summed E-state index contributed by atoms with van der Waals surface area (Å²) in [5, 5.41) is 10.6. The second kappa shape index (κ2) is 76.6. The van der Waals surface area contributed by atoms with E-state index in [0.29, 0.717) is 25.7 Å². The Morgan fingerprint density at radius 2 is 0.500 bits per heavy atom. The van der Waals surface area contributed by atoms with Crippen LogP contribution in [-0.4, -0.2) is 96.7 Å². The van der Waals surface area contributed by atoms with Crippen molar-refractivity contribution in [2.75, 3.05) is 39.6 Å². The number of ether oxygens (including phenoxy) is 4. The third-order valence-corrected chi connectivity index (χ3v) is 18.9. The van der Waals surface area contributed by atoms with Crippen molar-refractivity contribution in [3.8, 4) is 0 Å². The third kappa shape index (κ3) is 75.7. The Balaban J connectivity index is 5.38. The number of allylic oxidation sites excluding steroid dienone is 20. The average Bonchev–Trinajstić information content (AvgIpc) is 0.913. The van der Waals surface area contributed by atoms with Gasteiger partial charge in [0.25, 0.3) is 0 Å². The number of hydrogen-bond donors (Lipinski definition) is 3. The first-order valence-corrected chi connectivity index (χ1v) is 43.8. The number of carbonyl (C=O) groups excluding carboxylic acids is 4. The van der Waals surface area contributed by atoms with Gasteiger partial charge in [0.2, 0.25) is 0 Å². The van der Waals surface area contributed by atoms with Crippen LogP contribution < -0.4 is 0 Å². The summed E-state index contributed by atoms with van der Waals surface area (Å²) < 4.78 is 68.6. The van der Waals surface area contributed by atoms with Gasteiger partial charge in [-0.2, -0.15) is 0 Å². The fraction of sp³-hybridized carbons (Fsp3) is 0.718. The normalized spacial score (nSPS) is 14.5. The van der Waals surface area contributed by atoms with Crippen molar-refractivity contribution in [2.45, 2.75) is 354 Å². The molecule has 4 atom stereocenters. The quantitative estimate of drug-likeness (QED) is 0.0169. The van der Waals surface area contributed by atoms with Crippen LogP contribution in [-0.2, 0) is 65.4 Å². The molecule has 0 aliphatic heterocycles. The Kier molecular flexibility index (Phi) is 73.3. The summed E-state index contributed by atoms with van der Waals surface area (Å²) in [6.45, 7) is 4.61. The lowest BCUT2D eigenvalue weighted by Gasteiger charge is -2.21. The first-order chi connectivity index (χ1) is 50.7. The molecule has 0 saturated carbocycles. The number of phosphoric acid groups is 2. The summed E-state index contributed by atoms with van der Waals surface area (Å²) in [5.74, 6) is -2.23. The minimum Gasteiger partial charge on any atom is -0.462 e. The molecule has 0 saturated heterocycles. The molecule has 17 nitrogen and oxygen atoms in total. The van der Waals surface area contributed by atoms with Gasteiger partial charge in [-0.05, 0) is 116 Å². The highest BCUT2D eigenvalue weighted by Crippen LogP contribution is 2.45. The first kappa shape index (κ1) is 99.5. The van der Waals surface area contributed by atoms with Crippen molar-refractivity contribution in [1.82, 2.24) is 0 Å². The van der Waals surface area contributed by atoms with Crippen LogP contribution in [0.5, 0.6) is 0 Å². The van der Waals surface area contributed by atoms with Crippen LogP contribution >= 0.6 is 15.6 Å². The number of rotatable bonds is 76. The van der Waals surface area contributed by atoms with Crippen LogP contribution in [0.2, 0.25) is 0 Å². The fourth-order valence-corrected chi connectivity index (χ4v) is 12.4. The lowest BCUT2D eigenvalue weighted by atomic mass is 10.0. The summed E-state index contributed by atoms with van der Waals surface area (Å²) in [6, 6.07) is 0. The number of phosphoric ester groups is 2. The highest BCUT2D eigenvalue weighted by molar-refractivity contribution is 7.47. The third-order valence-electron chi connectivity index (χ3n) is 17.0. The number of aliphatic hydroxyl groups excluding tert-OH is 1. The van der Waals surface area contributed by atoms with Crippen molar-refractivity contribution in [2.24, 2.45) is 0 Å². The van der Waals surface area contributed by atoms with E-state index in [1.165, 1.54) is 103 Å². The molecule has 0 aromatic carbocycles. The van der Waals surface area contributed by atoms with Crippen LogP contribution in [0.4, 0.5) is 0 Å². The van der Waals surface area contributed by atoms with Crippen LogP contribution in [0.25, 0.3) is 0 Å². The smallest absolute Gasteiger partial charge is 0.462 e. The van der Waals surface area contributed by atoms with Gasteiger partial charge in [0.1, 0.15) is 19.3 Å². The van der Waals surface area contributed by atoms with Crippen molar-refractivity contribution in [3.05, 3.63) is 122 Å². The molecule has 0 spiro atoms. The summed E-state index contributed by atoms with van der Waals surface area (Å²) in [6.07, 6.45) is 84.6. The monoisotopic (exact) mass is 1500 g/mol. The number of carbonyl (C=O) groups is 4. The van der Waals surface area contributed by atoms with Crippen molar-refractivity contribution < 1.29 is 80.2 Å². The number of unbranched alkanes of at least 4 members (excludes halogenated alkanes) is 30. The predicted octanol–water partition coefficient (Wildman–Crippen LogP) is 23.9. The SMILES string of the molecule is CC/C=C\C/C=C\C/C=C\C/C=C\C/C=C\CCCCCC(=O)OCC(COP(=O)(O)OCC(O)COP(=O)(O)OCC(COC(=O)CCCCC/C=C\C/C=C\C/C=C\C/C=C\C/C=C\CC)OC(=O)CCCCCCCCCCCCCCC)OC(=O)CCCCCCCCCCCCCCC. The number of esters is 4. The topological polar surface area (TPSA) is 237 Å². The van der Waals surface area contributed by atoms with Gasteiger partial charge in [-0.3, -0.25) is 37.3 Å². The molecule has 0 radical (unpaired) electrons. The van der Waals surface area contributed by atoms with E-state index in [1.807, 2.05) is 0 Å². The fourth-order valence-electron chi connectivity index (χ4n) is 10.8. The zero-order valence-electron chi connectivity index (χ0n) is 65.4. The molecule has 0 aromatic rings. The highest BCUT2D eigenvalue weighted by atomic mass is 31.2. The first-order valence-electron chi connectivity index (χ1n) is 40.8. The summed E-state index contributed by atoms with van der Waals surface area (Å²) in [7, 11) is -9.97. The molecule has 0 bridgehead atoms. The van der Waals surface area contributed by atoms with Crippen LogP contribution in [0, 0.1) is 0 Å². The maximum Gasteiger partial charge on any atom is 0.472 e. The van der Waals surface area contributed by atoms with E-state index < -0.39 is 97.5 Å². The molecule has 4 unspecified atom stereocenters. The highest BCUT2D eigenvalue weighted by Gasteiger charge is 2.30. The van der Waals surface area contributed by atoms with E-state index in [4.69, 9.17) is 37.0 Å². The van der Waals surface area contributed by atoms with Crippen LogP contribution in [0.1, 0.15) is 336 Å². The Morgan fingerprint density at radius 3 is 0.769 bits per heavy atom. The number of aliphatic hydroxyl groups is 1. The predicted molar refractivity (Wildman–Crippen MR) is 427 cm³/mol. The summed E-state index contributed by atoms with van der Waals surface area (Å²) >= 11 is 0. The van der Waals surface area contributed by atoms with Gasteiger partial charge in [0, 0.05) is 25.7 Å². The minimum absolute atomic E-state index is 0.0884. The summed E-state index contributed by atoms with van der Waals surface area (Å²) in [4.78, 5) is 73.0. The Hall–Kier alpha value is -4.54. The molecule has 0 amide bonds. The Morgan fingerprint density at radius 1 is 0.279 bits per heavy atom. The second-order valence-electron chi connectivity index (χ2n) is 27.0. The van der Waals surface area contributed by atoms with E-state index in [9.17, 15) is 43.2 Å². The van der Waals surface area contributed by atoms with Crippen molar-refractivity contribution in [3.63, 3.8) is 0 Å². The van der Waals surface area contributed by atoms with Gasteiger partial charge in [-0.25, -0.2) is 9.13 Å². The maximum absolute atomic E-state index is 13.1. The maximum atomic E-state index is 13.1. The Bertz CT molecular complexity index is 2280. The van der Waals surface area contributed by atoms with E-state index in [2.05, 4.69) is 149 Å². The molecule has 104 heavy (non-hydrogen) atoms. The van der Waals surface area contributed by atoms with E-state index in [-0.39, 0.29) is 25.7 Å². The van der Waals surface area contributed by atoms with Gasteiger partial charge in [-0.15, -0.1) is 0 Å². The molecule has 0 heterocycles. The van der Waals surface area contributed by atoms with Gasteiger partial charge < -0.3 is 33.8 Å². The summed E-state index contributed by atoms with van der Waals surface area (Å²) in [5.41, 5.74) is 0. The molecule has 3 N–H and O–H groups in total. The van der Waals surface area contributed by atoms with E-state index >= 15 is 0 Å². The molecule has 0 fully saturated rings. The minimum atomic E-state index is -4.99. The standard InChI is InChI=1S/C85H146O17P2/c1-5-9-13-17-21-25-29-33-35-37-39-41-43-47-49-53-57-61-65-69-82(87)95-75-80(101-84(89)71-67-63-59-55-51-45-31-27-23-19-15-11-7-3)77-99-103(91,92)97-73-79(86)74-98-104(93,94)100-78-81(102-85(90)72-68-64-60-56-52-46-32-28-24-20-16-12-8-4)76-96-83(88)70-66-62-58-54-50-48-44-42-40-38-36-34-30-26-22-18-14-10-6-2/h9-10,13-14,21-22,25-26,33-36,39-42,47-50,79-81,86H,5-8,11-12,15-20,23-24,27-32,37-38,43-46,51-78H2,1-4H3,(H,91,92)(H,93,94)/b13-9-,14-10-,25-21-,26-22-,35-33-,36-34-,41-39-,42-40-,49-47-,50-48-. The van der Waals surface area contributed by atoms with Gasteiger partial charge >= 0.3 is 39.5 Å².